The Labute approximate surface area is 148 Å². The van der Waals surface area contributed by atoms with E-state index < -0.39 is 0 Å². The van der Waals surface area contributed by atoms with E-state index in [1.807, 2.05) is 49.7 Å². The molecule has 0 radical (unpaired) electrons. The molecular weight excluding hydrogens is 316 g/mol. The number of likely N-dealkylation sites (N-methyl/N-ethyl adjacent to an activating group) is 1. The number of carbonyl (C=O) groups excluding carboxylic acids is 1. The van der Waals surface area contributed by atoms with Gasteiger partial charge in [0.25, 0.3) is 0 Å². The van der Waals surface area contributed by atoms with Crippen molar-refractivity contribution in [3.8, 4) is 0 Å². The van der Waals surface area contributed by atoms with Crippen molar-refractivity contribution in [1.29, 1.82) is 0 Å². The molecule has 0 unspecified atom stereocenters. The number of piperidine rings is 1. The summed E-state index contributed by atoms with van der Waals surface area (Å²) in [6.07, 6.45) is 4.58. The summed E-state index contributed by atoms with van der Waals surface area (Å²) in [5.41, 5.74) is 1.97. The number of aromatic nitrogens is 2. The topological polar surface area (TPSA) is 50.6 Å². The average Bonchev–Trinajstić information content (AvgIpc) is 3.04. The Balaban J connectivity index is 1.62. The van der Waals surface area contributed by atoms with Crippen molar-refractivity contribution < 1.29 is 9.53 Å². The summed E-state index contributed by atoms with van der Waals surface area (Å²) in [6, 6.07) is 10.3. The summed E-state index contributed by atoms with van der Waals surface area (Å²) in [7, 11) is 3.94. The standard InChI is InChI=1S/C19H24N4O2/c1-21-14-20-10-16(21)11-23-9-8-19(15-6-4-3-5-7-15)17(12-23)25-13-18(24)22(19)2/h3-7,10,14,17H,8-9,11-13H2,1-2H3/t17-,19+/m1/s1. The zero-order valence-electron chi connectivity index (χ0n) is 14.8. The second-order valence-electron chi connectivity index (χ2n) is 7.02. The van der Waals surface area contributed by atoms with Crippen molar-refractivity contribution in [1.82, 2.24) is 19.4 Å². The van der Waals surface area contributed by atoms with Crippen LogP contribution in [-0.4, -0.2) is 58.1 Å². The molecular formula is C19H24N4O2. The molecule has 2 aromatic rings. The van der Waals surface area contributed by atoms with E-state index in [1.165, 1.54) is 5.69 Å². The Morgan fingerprint density at radius 3 is 2.80 bits per heavy atom. The molecule has 2 saturated heterocycles. The smallest absolute Gasteiger partial charge is 0.249 e. The first-order chi connectivity index (χ1) is 12.1. The minimum absolute atomic E-state index is 0.0282. The predicted octanol–water partition coefficient (Wildman–Crippen LogP) is 1.38. The van der Waals surface area contributed by atoms with Crippen LogP contribution in [0.2, 0.25) is 0 Å². The number of rotatable bonds is 3. The summed E-state index contributed by atoms with van der Waals surface area (Å²) in [6.45, 7) is 2.73. The van der Waals surface area contributed by atoms with Crippen LogP contribution in [0, 0.1) is 0 Å². The maximum Gasteiger partial charge on any atom is 0.249 e. The fraction of sp³-hybridized carbons (Fsp3) is 0.474. The second kappa shape index (κ2) is 6.28. The molecule has 6 nitrogen and oxygen atoms in total. The van der Waals surface area contributed by atoms with E-state index in [-0.39, 0.29) is 24.2 Å². The van der Waals surface area contributed by atoms with E-state index in [9.17, 15) is 4.79 Å². The highest BCUT2D eigenvalue weighted by atomic mass is 16.5. The summed E-state index contributed by atoms with van der Waals surface area (Å²) in [5.74, 6) is 0.0557. The quantitative estimate of drug-likeness (QED) is 0.847. The molecule has 2 atom stereocenters. The Bertz CT molecular complexity index is 760. The lowest BCUT2D eigenvalue weighted by Gasteiger charge is -2.54. The lowest BCUT2D eigenvalue weighted by molar-refractivity contribution is -0.183. The van der Waals surface area contributed by atoms with Crippen LogP contribution in [0.1, 0.15) is 17.7 Å². The monoisotopic (exact) mass is 340 g/mol. The van der Waals surface area contributed by atoms with Gasteiger partial charge in [0, 0.05) is 39.9 Å². The highest BCUT2D eigenvalue weighted by Crippen LogP contribution is 2.42. The molecule has 2 aliphatic rings. The third-order valence-electron chi connectivity index (χ3n) is 5.72. The van der Waals surface area contributed by atoms with Gasteiger partial charge in [0.2, 0.25) is 5.91 Å². The summed E-state index contributed by atoms with van der Waals surface area (Å²) in [4.78, 5) is 20.9. The largest absolute Gasteiger partial charge is 0.364 e. The molecule has 0 spiro atoms. The molecule has 6 heteroatoms. The van der Waals surface area contributed by atoms with Crippen molar-refractivity contribution in [3.63, 3.8) is 0 Å². The fourth-order valence-electron chi connectivity index (χ4n) is 4.19. The number of carbonyl (C=O) groups is 1. The normalized spacial score (nSPS) is 27.4. The molecule has 0 N–H and O–H groups in total. The van der Waals surface area contributed by atoms with E-state index >= 15 is 0 Å². The molecule has 132 valence electrons. The number of fused-ring (bicyclic) bond motifs is 1. The van der Waals surface area contributed by atoms with Crippen LogP contribution in [-0.2, 0) is 28.7 Å². The van der Waals surface area contributed by atoms with Crippen molar-refractivity contribution in [2.75, 3.05) is 26.7 Å². The molecule has 2 aliphatic heterocycles. The zero-order chi connectivity index (χ0) is 17.4. The van der Waals surface area contributed by atoms with E-state index in [1.54, 1.807) is 0 Å². The first-order valence-corrected chi connectivity index (χ1v) is 8.72. The van der Waals surface area contributed by atoms with Gasteiger partial charge in [0.15, 0.2) is 0 Å². The molecule has 1 amide bonds. The summed E-state index contributed by atoms with van der Waals surface area (Å²) < 4.78 is 8.10. The van der Waals surface area contributed by atoms with Crippen LogP contribution in [0.5, 0.6) is 0 Å². The molecule has 2 fully saturated rings. The van der Waals surface area contributed by atoms with Gasteiger partial charge in [-0.3, -0.25) is 9.69 Å². The summed E-state index contributed by atoms with van der Waals surface area (Å²) in [5, 5.41) is 0. The molecule has 4 rings (SSSR count). The first-order valence-electron chi connectivity index (χ1n) is 8.72. The van der Waals surface area contributed by atoms with Crippen LogP contribution in [0.25, 0.3) is 0 Å². The Morgan fingerprint density at radius 1 is 1.28 bits per heavy atom. The first kappa shape index (κ1) is 16.3. The van der Waals surface area contributed by atoms with Crippen LogP contribution >= 0.6 is 0 Å². The van der Waals surface area contributed by atoms with E-state index in [0.29, 0.717) is 0 Å². The lowest BCUT2D eigenvalue weighted by atomic mass is 9.76. The molecule has 0 aliphatic carbocycles. The van der Waals surface area contributed by atoms with Gasteiger partial charge in [-0.25, -0.2) is 4.98 Å². The van der Waals surface area contributed by atoms with Crippen LogP contribution in [0.15, 0.2) is 42.9 Å². The van der Waals surface area contributed by atoms with Crippen LogP contribution < -0.4 is 0 Å². The van der Waals surface area contributed by atoms with E-state index in [4.69, 9.17) is 4.74 Å². The van der Waals surface area contributed by atoms with Gasteiger partial charge >= 0.3 is 0 Å². The number of morpholine rings is 1. The van der Waals surface area contributed by atoms with Gasteiger partial charge in [0.05, 0.1) is 23.7 Å². The van der Waals surface area contributed by atoms with Crippen molar-refractivity contribution in [2.45, 2.75) is 24.6 Å². The maximum absolute atomic E-state index is 12.4. The number of likely N-dealkylation sites (tertiary alicyclic amines) is 1. The third kappa shape index (κ3) is 2.65. The van der Waals surface area contributed by atoms with Gasteiger partial charge in [-0.15, -0.1) is 0 Å². The zero-order valence-corrected chi connectivity index (χ0v) is 14.8. The number of hydrogen-bond donors (Lipinski definition) is 0. The highest BCUT2D eigenvalue weighted by molar-refractivity contribution is 5.79. The molecule has 0 bridgehead atoms. The summed E-state index contributed by atoms with van der Waals surface area (Å²) >= 11 is 0. The van der Waals surface area contributed by atoms with Crippen molar-refractivity contribution in [3.05, 3.63) is 54.1 Å². The number of hydrogen-bond acceptors (Lipinski definition) is 4. The molecule has 1 aromatic heterocycles. The van der Waals surface area contributed by atoms with Crippen molar-refractivity contribution in [2.24, 2.45) is 7.05 Å². The molecule has 0 saturated carbocycles. The number of ether oxygens (including phenoxy) is 1. The SMILES string of the molecule is CN1C(=O)CO[C@@H]2CN(Cc3cncn3C)CC[C@]21c1ccccc1. The molecule has 1 aromatic carbocycles. The maximum atomic E-state index is 12.4. The number of benzene rings is 1. The van der Waals surface area contributed by atoms with Gasteiger partial charge in [0.1, 0.15) is 6.61 Å². The number of amides is 1. The van der Waals surface area contributed by atoms with Gasteiger partial charge in [-0.2, -0.15) is 0 Å². The lowest BCUT2D eigenvalue weighted by Crippen LogP contribution is -2.66. The van der Waals surface area contributed by atoms with E-state index in [0.717, 1.165) is 31.6 Å². The van der Waals surface area contributed by atoms with Crippen LogP contribution in [0.4, 0.5) is 0 Å². The Hall–Kier alpha value is -2.18. The number of aryl methyl sites for hydroxylation is 1. The number of nitrogens with zero attached hydrogens (tertiary/aromatic N) is 4. The van der Waals surface area contributed by atoms with Crippen molar-refractivity contribution >= 4 is 5.91 Å². The Kier molecular flexibility index (Phi) is 4.09. The minimum Gasteiger partial charge on any atom is -0.364 e. The van der Waals surface area contributed by atoms with Gasteiger partial charge < -0.3 is 14.2 Å². The Morgan fingerprint density at radius 2 is 2.08 bits per heavy atom. The molecule has 25 heavy (non-hydrogen) atoms. The third-order valence-corrected chi connectivity index (χ3v) is 5.72. The average molecular weight is 340 g/mol. The predicted molar refractivity (Wildman–Crippen MR) is 93.7 cm³/mol. The van der Waals surface area contributed by atoms with Gasteiger partial charge in [-0.1, -0.05) is 30.3 Å². The number of imidazole rings is 1. The molecule has 3 heterocycles. The second-order valence-corrected chi connectivity index (χ2v) is 7.02. The van der Waals surface area contributed by atoms with Gasteiger partial charge in [-0.05, 0) is 12.0 Å². The van der Waals surface area contributed by atoms with Crippen LogP contribution in [0.3, 0.4) is 0 Å². The minimum atomic E-state index is -0.375. The van der Waals surface area contributed by atoms with E-state index in [2.05, 4.69) is 26.6 Å². The fourth-order valence-corrected chi connectivity index (χ4v) is 4.19. The highest BCUT2D eigenvalue weighted by Gasteiger charge is 2.52.